The number of urea groups is 1. The van der Waals surface area contributed by atoms with Crippen LogP contribution in [-0.2, 0) is 6.61 Å². The number of nitrogens with one attached hydrogen (secondary N) is 2. The standard InChI is InChI=1S/C22H17ClN4O3/c23-16-7-1-2-8-17(16)25-22(29)26-18-9-3-4-10-19(18)30-14-15-13-21(28)27-12-6-5-11-20(27)24-15/h1-13H,14H2,(H2,25,26,29). The van der Waals surface area contributed by atoms with Gasteiger partial charge in [0.05, 0.1) is 22.1 Å². The molecule has 2 aromatic carbocycles. The third kappa shape index (κ3) is 4.42. The predicted molar refractivity (Wildman–Crippen MR) is 116 cm³/mol. The Balaban J connectivity index is 1.48. The number of rotatable bonds is 5. The largest absolute Gasteiger partial charge is 0.485 e. The molecule has 4 aromatic rings. The van der Waals surface area contributed by atoms with Gasteiger partial charge in [-0.2, -0.15) is 0 Å². The molecule has 150 valence electrons. The van der Waals surface area contributed by atoms with E-state index in [2.05, 4.69) is 15.6 Å². The topological polar surface area (TPSA) is 84.7 Å². The van der Waals surface area contributed by atoms with Gasteiger partial charge in [-0.25, -0.2) is 9.78 Å². The summed E-state index contributed by atoms with van der Waals surface area (Å²) >= 11 is 6.07. The first-order valence-electron chi connectivity index (χ1n) is 9.12. The lowest BCUT2D eigenvalue weighted by Crippen LogP contribution is -2.20. The van der Waals surface area contributed by atoms with Gasteiger partial charge >= 0.3 is 6.03 Å². The van der Waals surface area contributed by atoms with E-state index in [-0.39, 0.29) is 12.2 Å². The molecule has 0 atom stereocenters. The van der Waals surface area contributed by atoms with Crippen molar-refractivity contribution < 1.29 is 9.53 Å². The van der Waals surface area contributed by atoms with Crippen molar-refractivity contribution in [1.82, 2.24) is 9.38 Å². The van der Waals surface area contributed by atoms with E-state index >= 15 is 0 Å². The Labute approximate surface area is 176 Å². The van der Waals surface area contributed by atoms with Crippen LogP contribution in [0.15, 0.2) is 83.8 Å². The highest BCUT2D eigenvalue weighted by Gasteiger charge is 2.10. The molecule has 0 saturated carbocycles. The molecule has 0 fully saturated rings. The average Bonchev–Trinajstić information content (AvgIpc) is 2.75. The molecule has 7 nitrogen and oxygen atoms in total. The molecule has 4 rings (SSSR count). The van der Waals surface area contributed by atoms with E-state index < -0.39 is 6.03 Å². The Bertz CT molecular complexity index is 1270. The summed E-state index contributed by atoms with van der Waals surface area (Å²) in [5.74, 6) is 0.446. The predicted octanol–water partition coefficient (Wildman–Crippen LogP) is 4.57. The molecule has 0 unspecified atom stereocenters. The normalized spacial score (nSPS) is 10.6. The second kappa shape index (κ2) is 8.67. The molecule has 0 aliphatic carbocycles. The Morgan fingerprint density at radius 1 is 0.967 bits per heavy atom. The van der Waals surface area contributed by atoms with Crippen LogP contribution in [0.1, 0.15) is 5.69 Å². The second-order valence-corrected chi connectivity index (χ2v) is 6.77. The minimum Gasteiger partial charge on any atom is -0.485 e. The van der Waals surface area contributed by atoms with E-state index in [0.29, 0.717) is 33.5 Å². The maximum Gasteiger partial charge on any atom is 0.323 e. The SMILES string of the molecule is O=C(Nc1ccccc1Cl)Nc1ccccc1OCc1cc(=O)n2ccccc2n1. The van der Waals surface area contributed by atoms with Crippen molar-refractivity contribution in [1.29, 1.82) is 0 Å². The van der Waals surface area contributed by atoms with Crippen molar-refractivity contribution in [3.05, 3.63) is 100 Å². The van der Waals surface area contributed by atoms with Gasteiger partial charge in [-0.1, -0.05) is 41.9 Å². The summed E-state index contributed by atoms with van der Waals surface area (Å²) in [5.41, 5.74) is 1.80. The van der Waals surface area contributed by atoms with E-state index in [4.69, 9.17) is 16.3 Å². The maximum absolute atomic E-state index is 12.4. The molecule has 0 radical (unpaired) electrons. The van der Waals surface area contributed by atoms with Crippen molar-refractivity contribution in [3.63, 3.8) is 0 Å². The number of hydrogen-bond acceptors (Lipinski definition) is 4. The molecule has 0 bridgehead atoms. The van der Waals surface area contributed by atoms with Gasteiger partial charge in [0.2, 0.25) is 0 Å². The number of fused-ring (bicyclic) bond motifs is 1. The molecular weight excluding hydrogens is 404 g/mol. The average molecular weight is 421 g/mol. The van der Waals surface area contributed by atoms with Crippen molar-refractivity contribution >= 4 is 34.7 Å². The van der Waals surface area contributed by atoms with Gasteiger partial charge in [0.25, 0.3) is 5.56 Å². The number of hydrogen-bond donors (Lipinski definition) is 2. The molecule has 0 aliphatic rings. The third-order valence-corrected chi connectivity index (χ3v) is 4.59. The molecular formula is C22H17ClN4O3. The summed E-state index contributed by atoms with van der Waals surface area (Å²) in [6.07, 6.45) is 1.66. The van der Waals surface area contributed by atoms with Crippen LogP contribution in [0.5, 0.6) is 5.75 Å². The number of pyridine rings is 1. The molecule has 0 spiro atoms. The van der Waals surface area contributed by atoms with E-state index in [1.807, 2.05) is 6.07 Å². The Morgan fingerprint density at radius 2 is 1.67 bits per heavy atom. The van der Waals surface area contributed by atoms with E-state index in [1.165, 1.54) is 10.5 Å². The van der Waals surface area contributed by atoms with Gasteiger partial charge in [0.15, 0.2) is 0 Å². The van der Waals surface area contributed by atoms with Gasteiger partial charge in [-0.3, -0.25) is 9.20 Å². The number of benzene rings is 2. The zero-order valence-corrected chi connectivity index (χ0v) is 16.5. The Kier molecular flexibility index (Phi) is 5.63. The summed E-state index contributed by atoms with van der Waals surface area (Å²) in [5, 5.41) is 5.87. The fourth-order valence-corrected chi connectivity index (χ4v) is 3.05. The highest BCUT2D eigenvalue weighted by Crippen LogP contribution is 2.26. The first-order valence-corrected chi connectivity index (χ1v) is 9.49. The smallest absolute Gasteiger partial charge is 0.323 e. The van der Waals surface area contributed by atoms with Crippen molar-refractivity contribution in [3.8, 4) is 5.75 Å². The van der Waals surface area contributed by atoms with Gasteiger partial charge < -0.3 is 15.4 Å². The summed E-state index contributed by atoms with van der Waals surface area (Å²) < 4.78 is 7.28. The first-order chi connectivity index (χ1) is 14.6. The number of nitrogens with zero attached hydrogens (tertiary/aromatic N) is 2. The van der Waals surface area contributed by atoms with Crippen LogP contribution in [0.4, 0.5) is 16.2 Å². The minimum absolute atomic E-state index is 0.0749. The van der Waals surface area contributed by atoms with Gasteiger partial charge in [-0.15, -0.1) is 0 Å². The summed E-state index contributed by atoms with van der Waals surface area (Å²) in [4.78, 5) is 29.0. The summed E-state index contributed by atoms with van der Waals surface area (Å²) in [6.45, 7) is 0.0749. The second-order valence-electron chi connectivity index (χ2n) is 6.36. The fourth-order valence-electron chi connectivity index (χ4n) is 2.86. The van der Waals surface area contributed by atoms with Gasteiger partial charge in [0.1, 0.15) is 18.0 Å². The molecule has 2 aromatic heterocycles. The monoisotopic (exact) mass is 420 g/mol. The van der Waals surface area contributed by atoms with Crippen LogP contribution in [0, 0.1) is 0 Å². The highest BCUT2D eigenvalue weighted by molar-refractivity contribution is 6.33. The molecule has 0 aliphatic heterocycles. The fraction of sp³-hybridized carbons (Fsp3) is 0.0455. The van der Waals surface area contributed by atoms with Crippen molar-refractivity contribution in [2.45, 2.75) is 6.61 Å². The molecule has 30 heavy (non-hydrogen) atoms. The lowest BCUT2D eigenvalue weighted by molar-refractivity contribution is 0.261. The maximum atomic E-state index is 12.4. The van der Waals surface area contributed by atoms with Crippen LogP contribution >= 0.6 is 11.6 Å². The van der Waals surface area contributed by atoms with Crippen LogP contribution < -0.4 is 20.9 Å². The Hall–Kier alpha value is -3.84. The molecule has 2 heterocycles. The number of anilines is 2. The van der Waals surface area contributed by atoms with Crippen LogP contribution in [0.3, 0.4) is 0 Å². The zero-order chi connectivity index (χ0) is 20.9. The van der Waals surface area contributed by atoms with Crippen LogP contribution in [-0.4, -0.2) is 15.4 Å². The number of ether oxygens (including phenoxy) is 1. The van der Waals surface area contributed by atoms with Gasteiger partial charge in [0, 0.05) is 12.3 Å². The first kappa shape index (κ1) is 19.5. The minimum atomic E-state index is -0.457. The van der Waals surface area contributed by atoms with Crippen LogP contribution in [0.25, 0.3) is 5.65 Å². The number of aromatic nitrogens is 2. The summed E-state index contributed by atoms with van der Waals surface area (Å²) in [6, 6.07) is 20.2. The van der Waals surface area contributed by atoms with Crippen LogP contribution in [0.2, 0.25) is 5.02 Å². The number of para-hydroxylation sites is 3. The number of carbonyl (C=O) groups is 1. The molecule has 0 saturated heterocycles. The highest BCUT2D eigenvalue weighted by atomic mass is 35.5. The summed E-state index contributed by atoms with van der Waals surface area (Å²) in [7, 11) is 0. The van der Waals surface area contributed by atoms with Crippen molar-refractivity contribution in [2.75, 3.05) is 10.6 Å². The number of carbonyl (C=O) groups excluding carboxylic acids is 1. The lowest BCUT2D eigenvalue weighted by Gasteiger charge is -2.13. The quantitative estimate of drug-likeness (QED) is 0.495. The lowest BCUT2D eigenvalue weighted by atomic mass is 10.3. The number of halogens is 1. The molecule has 2 amide bonds. The van der Waals surface area contributed by atoms with Crippen molar-refractivity contribution in [2.24, 2.45) is 0 Å². The number of amides is 2. The third-order valence-electron chi connectivity index (χ3n) is 4.26. The van der Waals surface area contributed by atoms with Gasteiger partial charge in [-0.05, 0) is 36.4 Å². The van der Waals surface area contributed by atoms with E-state index in [1.54, 1.807) is 66.9 Å². The zero-order valence-electron chi connectivity index (χ0n) is 15.7. The molecule has 8 heteroatoms. The Morgan fingerprint density at radius 3 is 2.50 bits per heavy atom. The van der Waals surface area contributed by atoms with E-state index in [9.17, 15) is 9.59 Å². The molecule has 2 N–H and O–H groups in total. The van der Waals surface area contributed by atoms with E-state index in [0.717, 1.165) is 0 Å².